The molecule has 12 heteroatoms. The zero-order valence-electron chi connectivity index (χ0n) is 19.4. The molecule has 35 heavy (non-hydrogen) atoms. The fourth-order valence-electron chi connectivity index (χ4n) is 4.37. The van der Waals surface area contributed by atoms with Crippen LogP contribution in [0.3, 0.4) is 0 Å². The zero-order valence-corrected chi connectivity index (χ0v) is 20.2. The summed E-state index contributed by atoms with van der Waals surface area (Å²) in [4.78, 5) is 21.7. The Bertz CT molecular complexity index is 1350. The molecule has 2 N–H and O–H groups in total. The number of ether oxygens (including phenoxy) is 2. The Morgan fingerprint density at radius 1 is 1.26 bits per heavy atom. The highest BCUT2D eigenvalue weighted by Crippen LogP contribution is 2.31. The molecule has 11 nitrogen and oxygen atoms in total. The smallest absolute Gasteiger partial charge is 0.287 e. The highest BCUT2D eigenvalue weighted by molar-refractivity contribution is 7.94. The third-order valence-electron chi connectivity index (χ3n) is 6.35. The van der Waals surface area contributed by atoms with E-state index in [1.807, 2.05) is 6.07 Å². The van der Waals surface area contributed by atoms with Crippen LogP contribution in [0, 0.1) is 6.92 Å². The molecule has 0 atom stereocenters. The number of pyridine rings is 1. The highest BCUT2D eigenvalue weighted by Gasteiger charge is 2.24. The van der Waals surface area contributed by atoms with Gasteiger partial charge in [-0.2, -0.15) is 9.46 Å². The number of hydrogen-bond acceptors (Lipinski definition) is 9. The van der Waals surface area contributed by atoms with Crippen molar-refractivity contribution in [2.24, 2.45) is 4.36 Å². The molecule has 3 aromatic heterocycles. The third kappa shape index (κ3) is 5.14. The average Bonchev–Trinajstić information content (AvgIpc) is 3.19. The van der Waals surface area contributed by atoms with Crippen molar-refractivity contribution in [3.63, 3.8) is 0 Å². The van der Waals surface area contributed by atoms with Gasteiger partial charge in [-0.15, -0.1) is 0 Å². The number of aliphatic hydroxyl groups is 1. The maximum absolute atomic E-state index is 13.0. The zero-order chi connectivity index (χ0) is 24.4. The van der Waals surface area contributed by atoms with E-state index in [9.17, 15) is 14.1 Å². The molecule has 1 amide bonds. The number of nitrogens with one attached hydrogen (secondary N) is 1. The molecular formula is C23H28N6O5S. The van der Waals surface area contributed by atoms with E-state index in [1.54, 1.807) is 29.9 Å². The molecule has 3 aromatic rings. The molecule has 1 aliphatic carbocycles. The van der Waals surface area contributed by atoms with E-state index in [2.05, 4.69) is 24.7 Å². The van der Waals surface area contributed by atoms with E-state index >= 15 is 0 Å². The quantitative estimate of drug-likeness (QED) is 0.540. The van der Waals surface area contributed by atoms with Gasteiger partial charge >= 0.3 is 0 Å². The summed E-state index contributed by atoms with van der Waals surface area (Å²) in [7, 11) is -2.62. The average molecular weight is 501 g/mol. The first-order valence-corrected chi connectivity index (χ1v) is 13.5. The van der Waals surface area contributed by atoms with Crippen LogP contribution in [0.15, 0.2) is 35.2 Å². The number of carbonyl (C=O) groups excluding carboxylic acids is 1. The first-order valence-electron chi connectivity index (χ1n) is 11.7. The van der Waals surface area contributed by atoms with Crippen molar-refractivity contribution in [3.8, 4) is 5.88 Å². The van der Waals surface area contributed by atoms with Gasteiger partial charge in [-0.05, 0) is 50.3 Å². The van der Waals surface area contributed by atoms with Crippen LogP contribution in [-0.4, -0.2) is 71.7 Å². The van der Waals surface area contributed by atoms with Crippen molar-refractivity contribution in [3.05, 3.63) is 42.0 Å². The van der Waals surface area contributed by atoms with Gasteiger partial charge in [0.25, 0.3) is 5.91 Å². The fraction of sp³-hybridized carbons (Fsp3) is 0.478. The molecule has 0 bridgehead atoms. The van der Waals surface area contributed by atoms with Gasteiger partial charge in [-0.1, -0.05) is 0 Å². The van der Waals surface area contributed by atoms with Crippen LogP contribution in [0.4, 0.5) is 11.5 Å². The molecule has 4 heterocycles. The molecule has 0 aromatic carbocycles. The maximum atomic E-state index is 13.0. The van der Waals surface area contributed by atoms with Gasteiger partial charge < -0.3 is 19.9 Å². The summed E-state index contributed by atoms with van der Waals surface area (Å²) in [6, 6.07) is 3.63. The Hall–Kier alpha value is -3.09. The number of aliphatic hydroxyl groups excluding tert-OH is 1. The van der Waals surface area contributed by atoms with Gasteiger partial charge in [0.1, 0.15) is 23.6 Å². The van der Waals surface area contributed by atoms with Gasteiger partial charge in [-0.25, -0.2) is 18.7 Å². The lowest BCUT2D eigenvalue weighted by atomic mass is 9.95. The van der Waals surface area contributed by atoms with Gasteiger partial charge in [0.2, 0.25) is 5.88 Å². The maximum Gasteiger partial charge on any atom is 0.287 e. The monoisotopic (exact) mass is 500 g/mol. The van der Waals surface area contributed by atoms with Crippen LogP contribution in [0.2, 0.25) is 0 Å². The summed E-state index contributed by atoms with van der Waals surface area (Å²) in [6.45, 7) is 2.46. The normalized spacial score (nSPS) is 22.0. The second-order valence-corrected chi connectivity index (χ2v) is 11.3. The summed E-state index contributed by atoms with van der Waals surface area (Å²) in [5, 5.41) is 17.3. The Labute approximate surface area is 203 Å². The first-order chi connectivity index (χ1) is 16.9. The molecule has 0 radical (unpaired) electrons. The number of anilines is 2. The Kier molecular flexibility index (Phi) is 6.67. The molecule has 1 aliphatic heterocycles. The lowest BCUT2D eigenvalue weighted by Crippen LogP contribution is -2.27. The Morgan fingerprint density at radius 3 is 2.80 bits per heavy atom. The number of hydrogen-bond donors (Lipinski definition) is 2. The largest absolute Gasteiger partial charge is 0.473 e. The van der Waals surface area contributed by atoms with Crippen molar-refractivity contribution < 1.29 is 23.6 Å². The van der Waals surface area contributed by atoms with Crippen molar-refractivity contribution >= 4 is 32.7 Å². The van der Waals surface area contributed by atoms with E-state index in [1.165, 1.54) is 6.33 Å². The van der Waals surface area contributed by atoms with Crippen LogP contribution in [0.5, 0.6) is 5.88 Å². The van der Waals surface area contributed by atoms with Crippen LogP contribution >= 0.6 is 0 Å². The number of fused-ring (bicyclic) bond motifs is 1. The predicted molar refractivity (Wildman–Crippen MR) is 130 cm³/mol. The molecule has 186 valence electrons. The molecule has 5 rings (SSSR count). The first kappa shape index (κ1) is 23.6. The summed E-state index contributed by atoms with van der Waals surface area (Å²) in [5.74, 6) is 0.889. The van der Waals surface area contributed by atoms with E-state index in [-0.39, 0.29) is 23.7 Å². The summed E-state index contributed by atoms with van der Waals surface area (Å²) < 4.78 is 29.9. The standard InChI is InChI=1S/C23H28N6O5S/c1-15-18(22(31)28-35(32)11-9-33-10-12-35)13-29-20(15)21(25-14-26-29)27-19-3-2-8-24-23(19)34-17-6-4-16(30)5-7-17/h2-3,8,13-14,16-17,30H,4-7,9-12H2,1H3,(H,25,26,27). The third-order valence-corrected chi connectivity index (χ3v) is 8.45. The lowest BCUT2D eigenvalue weighted by molar-refractivity contribution is 0.0647. The van der Waals surface area contributed by atoms with Crippen molar-refractivity contribution in [1.29, 1.82) is 0 Å². The van der Waals surface area contributed by atoms with E-state index in [0.29, 0.717) is 60.1 Å². The second-order valence-electron chi connectivity index (χ2n) is 8.79. The van der Waals surface area contributed by atoms with E-state index in [0.717, 1.165) is 12.8 Å². The van der Waals surface area contributed by atoms with Gasteiger partial charge in [0, 0.05) is 12.4 Å². The van der Waals surface area contributed by atoms with E-state index in [4.69, 9.17) is 9.47 Å². The predicted octanol–water partition coefficient (Wildman–Crippen LogP) is 2.50. The van der Waals surface area contributed by atoms with Crippen molar-refractivity contribution in [2.45, 2.75) is 44.8 Å². The molecule has 1 saturated carbocycles. The number of amides is 1. The van der Waals surface area contributed by atoms with Crippen molar-refractivity contribution in [1.82, 2.24) is 19.6 Å². The molecule has 1 saturated heterocycles. The second kappa shape index (κ2) is 9.88. The molecule has 2 aliphatic rings. The Balaban J connectivity index is 1.44. The number of aromatic nitrogens is 4. The lowest BCUT2D eigenvalue weighted by Gasteiger charge is -2.26. The van der Waals surface area contributed by atoms with Gasteiger partial charge in [0.15, 0.2) is 5.82 Å². The van der Waals surface area contributed by atoms with Crippen LogP contribution in [0.25, 0.3) is 5.52 Å². The number of rotatable bonds is 5. The van der Waals surface area contributed by atoms with Crippen LogP contribution in [-0.2, 0) is 14.5 Å². The molecule has 0 spiro atoms. The topological polar surface area (TPSA) is 140 Å². The molecule has 2 fully saturated rings. The summed E-state index contributed by atoms with van der Waals surface area (Å²) in [6.07, 6.45) is 7.27. The highest BCUT2D eigenvalue weighted by atomic mass is 32.2. The van der Waals surface area contributed by atoms with Crippen LogP contribution < -0.4 is 10.1 Å². The molecule has 0 unspecified atom stereocenters. The van der Waals surface area contributed by atoms with Gasteiger partial charge in [0.05, 0.1) is 46.1 Å². The van der Waals surface area contributed by atoms with Crippen LogP contribution in [0.1, 0.15) is 41.6 Å². The minimum Gasteiger partial charge on any atom is -0.473 e. The summed E-state index contributed by atoms with van der Waals surface area (Å²) in [5.41, 5.74) is 2.18. The van der Waals surface area contributed by atoms with E-state index < -0.39 is 15.6 Å². The minimum absolute atomic E-state index is 0.0211. The minimum atomic E-state index is -2.62. The Morgan fingerprint density at radius 2 is 2.03 bits per heavy atom. The number of nitrogens with zero attached hydrogens (tertiary/aromatic N) is 5. The van der Waals surface area contributed by atoms with Gasteiger partial charge in [-0.3, -0.25) is 4.79 Å². The number of aryl methyl sites for hydroxylation is 1. The summed E-state index contributed by atoms with van der Waals surface area (Å²) >= 11 is 0. The number of carbonyl (C=O) groups is 1. The molecular weight excluding hydrogens is 472 g/mol. The SMILES string of the molecule is Cc1c(C(=O)N=S2(=O)CCOCC2)cn2ncnc(Nc3cccnc3OC3CCC(O)CC3)c12. The van der Waals surface area contributed by atoms with Crippen molar-refractivity contribution in [2.75, 3.05) is 30.0 Å². The fourth-order valence-corrected chi connectivity index (χ4v) is 5.91.